The van der Waals surface area contributed by atoms with Gasteiger partial charge in [0.1, 0.15) is 5.75 Å². The summed E-state index contributed by atoms with van der Waals surface area (Å²) in [5.41, 5.74) is 7.30. The second-order valence-corrected chi connectivity index (χ2v) is 5.36. The second kappa shape index (κ2) is 6.25. The van der Waals surface area contributed by atoms with Gasteiger partial charge in [0.25, 0.3) is 0 Å². The van der Waals surface area contributed by atoms with E-state index in [4.69, 9.17) is 10.5 Å². The third-order valence-electron chi connectivity index (χ3n) is 1.95. The van der Waals surface area contributed by atoms with E-state index in [2.05, 4.69) is 31.9 Å². The van der Waals surface area contributed by atoms with Crippen LogP contribution in [0, 0.1) is 0 Å². The zero-order chi connectivity index (χ0) is 12.1. The Balaban J connectivity index is 2.93. The fourth-order valence-electron chi connectivity index (χ4n) is 1.31. The molecule has 0 radical (unpaired) electrons. The maximum absolute atomic E-state index is 10.9. The van der Waals surface area contributed by atoms with E-state index in [1.165, 1.54) is 6.92 Å². The lowest BCUT2D eigenvalue weighted by Gasteiger charge is -2.12. The molecule has 0 aliphatic rings. The minimum absolute atomic E-state index is 0.281. The van der Waals surface area contributed by atoms with Crippen LogP contribution in [0.25, 0.3) is 0 Å². The van der Waals surface area contributed by atoms with Crippen molar-refractivity contribution in [3.63, 3.8) is 0 Å². The molecule has 0 bridgehead atoms. The summed E-state index contributed by atoms with van der Waals surface area (Å²) in [6, 6.07) is 5.27. The van der Waals surface area contributed by atoms with Crippen molar-refractivity contribution >= 4 is 43.5 Å². The number of esters is 1. The number of hydrogen-bond donors (Lipinski definition) is 1. The van der Waals surface area contributed by atoms with E-state index >= 15 is 0 Å². The first-order chi connectivity index (χ1) is 7.52. The fraction of sp³-hybridized carbons (Fsp3) is 0.364. The molecular formula is C11H13Br2NO2. The molecule has 1 rings (SSSR count). The van der Waals surface area contributed by atoms with Gasteiger partial charge in [0, 0.05) is 22.8 Å². The minimum Gasteiger partial charge on any atom is -0.426 e. The van der Waals surface area contributed by atoms with Gasteiger partial charge >= 0.3 is 5.97 Å². The largest absolute Gasteiger partial charge is 0.426 e. The van der Waals surface area contributed by atoms with Crippen molar-refractivity contribution in [2.24, 2.45) is 0 Å². The number of nitrogens with two attached hydrogens (primary N) is 1. The SMILES string of the molecule is CC(=O)Oc1ccc(N)cc1CC(Br)CBr. The summed E-state index contributed by atoms with van der Waals surface area (Å²) >= 11 is 6.89. The first kappa shape index (κ1) is 13.5. The van der Waals surface area contributed by atoms with Gasteiger partial charge in [-0.1, -0.05) is 31.9 Å². The smallest absolute Gasteiger partial charge is 0.308 e. The molecule has 3 nitrogen and oxygen atoms in total. The topological polar surface area (TPSA) is 52.3 Å². The zero-order valence-electron chi connectivity index (χ0n) is 8.87. The van der Waals surface area contributed by atoms with E-state index < -0.39 is 0 Å². The molecule has 5 heteroatoms. The fourth-order valence-corrected chi connectivity index (χ4v) is 1.88. The Bertz CT molecular complexity index is 382. The van der Waals surface area contributed by atoms with E-state index in [9.17, 15) is 4.79 Å². The molecule has 0 amide bonds. The lowest BCUT2D eigenvalue weighted by Crippen LogP contribution is -2.09. The Labute approximate surface area is 112 Å². The summed E-state index contributed by atoms with van der Waals surface area (Å²) in [6.07, 6.45) is 0.749. The van der Waals surface area contributed by atoms with Crippen molar-refractivity contribution in [1.82, 2.24) is 0 Å². The first-order valence-electron chi connectivity index (χ1n) is 4.79. The predicted molar refractivity (Wildman–Crippen MR) is 72.4 cm³/mol. The lowest BCUT2D eigenvalue weighted by molar-refractivity contribution is -0.131. The van der Waals surface area contributed by atoms with Crippen LogP contribution in [0.1, 0.15) is 12.5 Å². The number of nitrogen functional groups attached to an aromatic ring is 1. The van der Waals surface area contributed by atoms with Crippen LogP contribution < -0.4 is 10.5 Å². The van der Waals surface area contributed by atoms with Gasteiger partial charge < -0.3 is 10.5 Å². The molecule has 0 heterocycles. The lowest BCUT2D eigenvalue weighted by atomic mass is 10.1. The van der Waals surface area contributed by atoms with Crippen LogP contribution in [-0.4, -0.2) is 16.1 Å². The van der Waals surface area contributed by atoms with Gasteiger partial charge in [0.2, 0.25) is 0 Å². The average Bonchev–Trinajstić information content (AvgIpc) is 2.21. The van der Waals surface area contributed by atoms with Gasteiger partial charge in [-0.3, -0.25) is 4.79 Å². The number of carbonyl (C=O) groups excluding carboxylic acids is 1. The monoisotopic (exact) mass is 349 g/mol. The number of hydrogen-bond acceptors (Lipinski definition) is 3. The first-order valence-corrected chi connectivity index (χ1v) is 6.83. The van der Waals surface area contributed by atoms with Crippen molar-refractivity contribution < 1.29 is 9.53 Å². The van der Waals surface area contributed by atoms with E-state index in [-0.39, 0.29) is 10.8 Å². The molecule has 0 spiro atoms. The number of alkyl halides is 2. The standard InChI is InChI=1S/C11H13Br2NO2/c1-7(15)16-11-3-2-10(14)5-8(11)4-9(13)6-12/h2-3,5,9H,4,6,14H2,1H3. The Kier molecular flexibility index (Phi) is 5.28. The van der Waals surface area contributed by atoms with Crippen LogP contribution >= 0.6 is 31.9 Å². The van der Waals surface area contributed by atoms with Crippen LogP contribution in [0.4, 0.5) is 5.69 Å². The highest BCUT2D eigenvalue weighted by Gasteiger charge is 2.11. The summed E-state index contributed by atoms with van der Waals surface area (Å²) in [5.74, 6) is 0.253. The highest BCUT2D eigenvalue weighted by molar-refractivity contribution is 9.12. The number of rotatable bonds is 4. The minimum atomic E-state index is -0.323. The number of benzene rings is 1. The Morgan fingerprint density at radius 1 is 1.56 bits per heavy atom. The van der Waals surface area contributed by atoms with Gasteiger partial charge in [-0.05, 0) is 30.2 Å². The van der Waals surface area contributed by atoms with Crippen molar-refractivity contribution in [1.29, 1.82) is 0 Å². The number of carbonyl (C=O) groups is 1. The van der Waals surface area contributed by atoms with Crippen molar-refractivity contribution in [3.8, 4) is 5.75 Å². The van der Waals surface area contributed by atoms with Crippen LogP contribution in [0.3, 0.4) is 0 Å². The van der Waals surface area contributed by atoms with E-state index in [1.807, 2.05) is 6.07 Å². The molecule has 2 N–H and O–H groups in total. The van der Waals surface area contributed by atoms with Gasteiger partial charge in [-0.15, -0.1) is 0 Å². The van der Waals surface area contributed by atoms with Crippen LogP contribution in [-0.2, 0) is 11.2 Å². The summed E-state index contributed by atoms with van der Waals surface area (Å²) < 4.78 is 5.12. The molecule has 1 aromatic carbocycles. The quantitative estimate of drug-likeness (QED) is 0.393. The summed E-state index contributed by atoms with van der Waals surface area (Å²) in [5, 5.41) is 0.821. The van der Waals surface area contributed by atoms with Gasteiger partial charge in [-0.25, -0.2) is 0 Å². The maximum Gasteiger partial charge on any atom is 0.308 e. The predicted octanol–water partition coefficient (Wildman–Crippen LogP) is 2.90. The Morgan fingerprint density at radius 2 is 2.25 bits per heavy atom. The number of halogens is 2. The molecule has 1 atom stereocenters. The number of ether oxygens (including phenoxy) is 1. The maximum atomic E-state index is 10.9. The molecule has 0 fully saturated rings. The van der Waals surface area contributed by atoms with Gasteiger partial charge in [-0.2, -0.15) is 0 Å². The average molecular weight is 351 g/mol. The van der Waals surface area contributed by atoms with Gasteiger partial charge in [0.15, 0.2) is 0 Å². The van der Waals surface area contributed by atoms with Crippen LogP contribution in [0.15, 0.2) is 18.2 Å². The van der Waals surface area contributed by atoms with Crippen LogP contribution in [0.5, 0.6) is 5.75 Å². The van der Waals surface area contributed by atoms with Crippen LogP contribution in [0.2, 0.25) is 0 Å². The molecule has 1 aromatic rings. The third kappa shape index (κ3) is 4.14. The normalized spacial score (nSPS) is 12.2. The highest BCUT2D eigenvalue weighted by Crippen LogP contribution is 2.25. The van der Waals surface area contributed by atoms with Gasteiger partial charge in [0.05, 0.1) is 0 Å². The zero-order valence-corrected chi connectivity index (χ0v) is 12.0. The molecule has 0 aliphatic carbocycles. The van der Waals surface area contributed by atoms with E-state index in [0.717, 1.165) is 17.3 Å². The second-order valence-electron chi connectivity index (χ2n) is 3.42. The molecule has 1 unspecified atom stereocenters. The molecule has 0 aliphatic heterocycles. The Hall–Kier alpha value is -0.550. The van der Waals surface area contributed by atoms with E-state index in [0.29, 0.717) is 11.4 Å². The molecule has 0 saturated heterocycles. The van der Waals surface area contributed by atoms with Crippen molar-refractivity contribution in [3.05, 3.63) is 23.8 Å². The van der Waals surface area contributed by atoms with Crippen molar-refractivity contribution in [2.75, 3.05) is 11.1 Å². The summed E-state index contributed by atoms with van der Waals surface area (Å²) in [4.78, 5) is 11.2. The third-order valence-corrected chi connectivity index (χ3v) is 4.24. The molecule has 0 aromatic heterocycles. The van der Waals surface area contributed by atoms with Crippen molar-refractivity contribution in [2.45, 2.75) is 18.2 Å². The molecule has 16 heavy (non-hydrogen) atoms. The molecular weight excluding hydrogens is 338 g/mol. The van der Waals surface area contributed by atoms with E-state index in [1.54, 1.807) is 12.1 Å². The summed E-state index contributed by atoms with van der Waals surface area (Å²) in [7, 11) is 0. The highest BCUT2D eigenvalue weighted by atomic mass is 79.9. The molecule has 88 valence electrons. The summed E-state index contributed by atoms with van der Waals surface area (Å²) in [6.45, 7) is 1.39. The Morgan fingerprint density at radius 3 is 2.81 bits per heavy atom. The number of anilines is 1. The molecule has 0 saturated carbocycles.